The van der Waals surface area contributed by atoms with Crippen molar-refractivity contribution in [3.63, 3.8) is 0 Å². The molecule has 0 saturated carbocycles. The molecule has 8 heteroatoms. The van der Waals surface area contributed by atoms with Gasteiger partial charge in [0.1, 0.15) is 5.82 Å². The Morgan fingerprint density at radius 2 is 1.74 bits per heavy atom. The molecule has 182 valence electrons. The van der Waals surface area contributed by atoms with Crippen molar-refractivity contribution >= 4 is 40.1 Å². The number of carbonyl (C=O) groups excluding carboxylic acids is 3. The summed E-state index contributed by atoms with van der Waals surface area (Å²) in [5.41, 5.74) is 8.10. The average Bonchev–Trinajstić information content (AvgIpc) is 2.83. The molecule has 8 nitrogen and oxygen atoms in total. The predicted octanol–water partition coefficient (Wildman–Crippen LogP) is 3.22. The first-order chi connectivity index (χ1) is 16.3. The number of pyridine rings is 1. The molecule has 0 unspecified atom stereocenters. The van der Waals surface area contributed by atoms with Crippen LogP contribution in [0.25, 0.3) is 10.9 Å². The molecule has 1 aromatic carbocycles. The number of benzene rings is 1. The number of nitrogens with one attached hydrogen (secondary N) is 1. The van der Waals surface area contributed by atoms with Crippen LogP contribution in [0.4, 0.5) is 11.5 Å². The van der Waals surface area contributed by atoms with Crippen LogP contribution in [-0.2, 0) is 14.4 Å². The molecule has 4 rings (SSSR count). The van der Waals surface area contributed by atoms with Crippen molar-refractivity contribution in [2.75, 3.05) is 36.4 Å². The zero-order chi connectivity index (χ0) is 24.2. The Morgan fingerprint density at radius 3 is 2.41 bits per heavy atom. The van der Waals surface area contributed by atoms with Gasteiger partial charge >= 0.3 is 0 Å². The maximum absolute atomic E-state index is 12.5. The minimum atomic E-state index is -0.301. The molecule has 3 amide bonds. The third-order valence-corrected chi connectivity index (χ3v) is 7.21. The summed E-state index contributed by atoms with van der Waals surface area (Å²) in [7, 11) is 0. The topological polar surface area (TPSA) is 109 Å². The number of nitrogens with two attached hydrogens (primary N) is 1. The maximum atomic E-state index is 12.5. The van der Waals surface area contributed by atoms with Gasteiger partial charge in [-0.1, -0.05) is 6.92 Å². The standard InChI is InChI=1S/C26H35N5O3/c1-17-7-11-30(12-8-17)23-15-18(2)21-16-20(3-4-22(21)29-23)28-24(32)5-6-25(33)31-13-9-19(10-14-31)26(27)34/h3-4,15-17,19H,5-14H2,1-2H3,(H2,27,34)(H,28,32). The fourth-order valence-electron chi connectivity index (χ4n) is 4.87. The summed E-state index contributed by atoms with van der Waals surface area (Å²) >= 11 is 0. The number of rotatable bonds is 6. The molecule has 3 N–H and O–H groups in total. The number of nitrogens with zero attached hydrogens (tertiary/aromatic N) is 3. The van der Waals surface area contributed by atoms with E-state index in [1.807, 2.05) is 18.2 Å². The lowest BCUT2D eigenvalue weighted by Gasteiger charge is -2.31. The molecule has 0 atom stereocenters. The number of anilines is 2. The maximum Gasteiger partial charge on any atom is 0.224 e. The average molecular weight is 466 g/mol. The monoisotopic (exact) mass is 465 g/mol. The smallest absolute Gasteiger partial charge is 0.224 e. The summed E-state index contributed by atoms with van der Waals surface area (Å²) in [4.78, 5) is 45.2. The normalized spacial score (nSPS) is 17.7. The summed E-state index contributed by atoms with van der Waals surface area (Å²) in [5.74, 6) is 1.09. The minimum absolute atomic E-state index is 0.0590. The van der Waals surface area contributed by atoms with E-state index in [0.29, 0.717) is 31.6 Å². The molecular weight excluding hydrogens is 430 g/mol. The van der Waals surface area contributed by atoms with Crippen LogP contribution < -0.4 is 16.0 Å². The quantitative estimate of drug-likeness (QED) is 0.681. The fourth-order valence-corrected chi connectivity index (χ4v) is 4.87. The lowest BCUT2D eigenvalue weighted by atomic mass is 9.96. The Hall–Kier alpha value is -3.16. The highest BCUT2D eigenvalue weighted by atomic mass is 16.2. The van der Waals surface area contributed by atoms with Crippen molar-refractivity contribution in [2.45, 2.75) is 52.4 Å². The number of carbonyl (C=O) groups is 3. The highest BCUT2D eigenvalue weighted by molar-refractivity contribution is 5.96. The first-order valence-corrected chi connectivity index (χ1v) is 12.3. The van der Waals surface area contributed by atoms with E-state index in [2.05, 4.69) is 30.1 Å². The number of amides is 3. The van der Waals surface area contributed by atoms with E-state index in [1.165, 1.54) is 12.8 Å². The molecule has 1 aromatic heterocycles. The molecule has 0 spiro atoms. The van der Waals surface area contributed by atoms with Gasteiger partial charge in [-0.15, -0.1) is 0 Å². The molecule has 2 aliphatic heterocycles. The number of aryl methyl sites for hydroxylation is 1. The number of primary amides is 1. The summed E-state index contributed by atoms with van der Waals surface area (Å²) in [6.07, 6.45) is 3.84. The fraction of sp³-hybridized carbons (Fsp3) is 0.538. The lowest BCUT2D eigenvalue weighted by Crippen LogP contribution is -2.41. The minimum Gasteiger partial charge on any atom is -0.369 e. The summed E-state index contributed by atoms with van der Waals surface area (Å²) in [6.45, 7) is 7.49. The summed E-state index contributed by atoms with van der Waals surface area (Å²) < 4.78 is 0. The molecular formula is C26H35N5O3. The first kappa shape index (κ1) is 24.0. The van der Waals surface area contributed by atoms with Crippen LogP contribution in [0, 0.1) is 18.8 Å². The molecule has 34 heavy (non-hydrogen) atoms. The van der Waals surface area contributed by atoms with Crippen LogP contribution in [0.2, 0.25) is 0 Å². The molecule has 0 radical (unpaired) electrons. The number of piperidine rings is 2. The van der Waals surface area contributed by atoms with Crippen molar-refractivity contribution in [2.24, 2.45) is 17.6 Å². The van der Waals surface area contributed by atoms with Crippen molar-refractivity contribution in [3.05, 3.63) is 29.8 Å². The number of likely N-dealkylation sites (tertiary alicyclic amines) is 1. The van der Waals surface area contributed by atoms with Gasteiger partial charge in [-0.2, -0.15) is 0 Å². The third-order valence-electron chi connectivity index (χ3n) is 7.21. The van der Waals surface area contributed by atoms with E-state index in [9.17, 15) is 14.4 Å². The van der Waals surface area contributed by atoms with Crippen LogP contribution in [0.1, 0.15) is 51.0 Å². The van der Waals surface area contributed by atoms with Gasteiger partial charge < -0.3 is 20.9 Å². The SMILES string of the molecule is Cc1cc(N2CCC(C)CC2)nc2ccc(NC(=O)CCC(=O)N3CCC(C(N)=O)CC3)cc12. The van der Waals surface area contributed by atoms with Gasteiger partial charge in [-0.05, 0) is 68.4 Å². The van der Waals surface area contributed by atoms with E-state index >= 15 is 0 Å². The van der Waals surface area contributed by atoms with E-state index in [-0.39, 0.29) is 36.5 Å². The van der Waals surface area contributed by atoms with E-state index < -0.39 is 0 Å². The zero-order valence-electron chi connectivity index (χ0n) is 20.2. The Labute approximate surface area is 200 Å². The van der Waals surface area contributed by atoms with Crippen LogP contribution >= 0.6 is 0 Å². The van der Waals surface area contributed by atoms with E-state index in [4.69, 9.17) is 10.7 Å². The highest BCUT2D eigenvalue weighted by Gasteiger charge is 2.26. The van der Waals surface area contributed by atoms with Gasteiger partial charge in [0.2, 0.25) is 17.7 Å². The van der Waals surface area contributed by atoms with Crippen LogP contribution in [0.15, 0.2) is 24.3 Å². The van der Waals surface area contributed by atoms with Crippen molar-refractivity contribution < 1.29 is 14.4 Å². The number of aromatic nitrogens is 1. The van der Waals surface area contributed by atoms with Gasteiger partial charge in [0.05, 0.1) is 5.52 Å². The van der Waals surface area contributed by atoms with E-state index in [0.717, 1.165) is 41.3 Å². The molecule has 0 bridgehead atoms. The highest BCUT2D eigenvalue weighted by Crippen LogP contribution is 2.28. The third kappa shape index (κ3) is 5.66. The number of fused-ring (bicyclic) bond motifs is 1. The molecule has 2 aliphatic rings. The van der Waals surface area contributed by atoms with Crippen LogP contribution in [0.5, 0.6) is 0 Å². The number of hydrogen-bond acceptors (Lipinski definition) is 5. The molecule has 2 saturated heterocycles. The Bertz CT molecular complexity index is 1070. The molecule has 2 fully saturated rings. The Balaban J connectivity index is 1.32. The van der Waals surface area contributed by atoms with Gasteiger partial charge in [-0.3, -0.25) is 14.4 Å². The van der Waals surface area contributed by atoms with Crippen molar-refractivity contribution in [1.82, 2.24) is 9.88 Å². The van der Waals surface area contributed by atoms with Crippen LogP contribution in [0.3, 0.4) is 0 Å². The Morgan fingerprint density at radius 1 is 1.03 bits per heavy atom. The van der Waals surface area contributed by atoms with Gasteiger partial charge in [0, 0.05) is 56.0 Å². The van der Waals surface area contributed by atoms with Crippen LogP contribution in [-0.4, -0.2) is 53.8 Å². The van der Waals surface area contributed by atoms with E-state index in [1.54, 1.807) is 4.90 Å². The molecule has 2 aromatic rings. The zero-order valence-corrected chi connectivity index (χ0v) is 20.2. The van der Waals surface area contributed by atoms with Crippen molar-refractivity contribution in [1.29, 1.82) is 0 Å². The van der Waals surface area contributed by atoms with Crippen molar-refractivity contribution in [3.8, 4) is 0 Å². The number of hydrogen-bond donors (Lipinski definition) is 2. The van der Waals surface area contributed by atoms with Gasteiger partial charge in [-0.25, -0.2) is 4.98 Å². The van der Waals surface area contributed by atoms with Gasteiger partial charge in [0.25, 0.3) is 0 Å². The molecule has 0 aliphatic carbocycles. The Kier molecular flexibility index (Phi) is 7.34. The van der Waals surface area contributed by atoms with Gasteiger partial charge in [0.15, 0.2) is 0 Å². The summed E-state index contributed by atoms with van der Waals surface area (Å²) in [5, 5.41) is 3.93. The first-order valence-electron chi connectivity index (χ1n) is 12.3. The lowest BCUT2D eigenvalue weighted by molar-refractivity contribution is -0.135. The predicted molar refractivity (Wildman–Crippen MR) is 133 cm³/mol. The molecule has 3 heterocycles. The second-order valence-corrected chi connectivity index (χ2v) is 9.80. The summed E-state index contributed by atoms with van der Waals surface area (Å²) in [6, 6.07) is 7.89. The largest absolute Gasteiger partial charge is 0.369 e. The second-order valence-electron chi connectivity index (χ2n) is 9.80. The second kappa shape index (κ2) is 10.4.